The Morgan fingerprint density at radius 3 is 1.83 bits per heavy atom. The SMILES string of the molecule is FC(F)(F)/C=N/CCC(F)(F)F. The molecule has 1 nitrogen and oxygen atoms in total. The summed E-state index contributed by atoms with van der Waals surface area (Å²) >= 11 is 0. The van der Waals surface area contributed by atoms with E-state index in [1.807, 2.05) is 0 Å². The van der Waals surface area contributed by atoms with E-state index in [1.54, 1.807) is 0 Å². The molecule has 0 saturated carbocycles. The molecule has 0 aliphatic carbocycles. The van der Waals surface area contributed by atoms with Crippen LogP contribution in [0.4, 0.5) is 26.3 Å². The fourth-order valence-corrected chi connectivity index (χ4v) is 0.359. The molecule has 0 fully saturated rings. The first-order valence-electron chi connectivity index (χ1n) is 2.85. The Morgan fingerprint density at radius 1 is 1.00 bits per heavy atom. The molecule has 0 aromatic carbocycles. The van der Waals surface area contributed by atoms with Crippen molar-refractivity contribution in [3.8, 4) is 0 Å². The van der Waals surface area contributed by atoms with Crippen molar-refractivity contribution >= 4 is 6.21 Å². The highest BCUT2D eigenvalue weighted by Crippen LogP contribution is 2.19. The molecule has 0 aliphatic heterocycles. The van der Waals surface area contributed by atoms with E-state index in [9.17, 15) is 26.3 Å². The predicted molar refractivity (Wildman–Crippen MR) is 30.1 cm³/mol. The summed E-state index contributed by atoms with van der Waals surface area (Å²) in [4.78, 5) is 2.56. The number of hydrogen-bond donors (Lipinski definition) is 0. The van der Waals surface area contributed by atoms with Gasteiger partial charge in [0.25, 0.3) is 0 Å². The first-order chi connectivity index (χ1) is 5.21. The van der Waals surface area contributed by atoms with Crippen molar-refractivity contribution in [2.45, 2.75) is 18.8 Å². The van der Waals surface area contributed by atoms with Crippen LogP contribution in [0.3, 0.4) is 0 Å². The summed E-state index contributed by atoms with van der Waals surface area (Å²) in [6, 6.07) is 0. The smallest absolute Gasteiger partial charge is 0.288 e. The molecule has 7 heteroatoms. The standard InChI is InChI=1S/C5H5F6N/c6-4(7,8)1-2-12-3-5(9,10)11/h3H,1-2H2/b12-3+. The van der Waals surface area contributed by atoms with Gasteiger partial charge in [-0.25, -0.2) is 0 Å². The van der Waals surface area contributed by atoms with E-state index < -0.39 is 31.5 Å². The van der Waals surface area contributed by atoms with Gasteiger partial charge in [0.15, 0.2) is 0 Å². The van der Waals surface area contributed by atoms with Crippen LogP contribution in [-0.4, -0.2) is 25.1 Å². The lowest BCUT2D eigenvalue weighted by molar-refractivity contribution is -0.132. The minimum absolute atomic E-state index is 0.446. The zero-order valence-corrected chi connectivity index (χ0v) is 5.71. The summed E-state index contributed by atoms with van der Waals surface area (Å²) < 4.78 is 67.7. The zero-order chi connectivity index (χ0) is 9.83. The van der Waals surface area contributed by atoms with Gasteiger partial charge in [0.2, 0.25) is 0 Å². The monoisotopic (exact) mass is 193 g/mol. The molecule has 0 bridgehead atoms. The molecule has 0 spiro atoms. The van der Waals surface area contributed by atoms with Gasteiger partial charge in [0.1, 0.15) is 6.21 Å². The lowest BCUT2D eigenvalue weighted by Crippen LogP contribution is -2.12. The molecule has 0 radical (unpaired) electrons. The lowest BCUT2D eigenvalue weighted by atomic mass is 10.4. The van der Waals surface area contributed by atoms with Crippen molar-refractivity contribution in [3.63, 3.8) is 0 Å². The van der Waals surface area contributed by atoms with Crippen LogP contribution < -0.4 is 0 Å². The summed E-state index contributed by atoms with van der Waals surface area (Å²) in [5.74, 6) is 0. The molecule has 0 aromatic rings. The van der Waals surface area contributed by atoms with Crippen molar-refractivity contribution in [2.75, 3.05) is 6.54 Å². The first-order valence-corrected chi connectivity index (χ1v) is 2.85. The van der Waals surface area contributed by atoms with Crippen molar-refractivity contribution in [2.24, 2.45) is 4.99 Å². The summed E-state index contributed by atoms with van der Waals surface area (Å²) in [5, 5.41) is 0. The number of alkyl halides is 6. The van der Waals surface area contributed by atoms with Crippen LogP contribution in [0.25, 0.3) is 0 Å². The lowest BCUT2D eigenvalue weighted by Gasteiger charge is -2.02. The van der Waals surface area contributed by atoms with Gasteiger partial charge in [-0.1, -0.05) is 0 Å². The van der Waals surface area contributed by atoms with Crippen molar-refractivity contribution in [1.29, 1.82) is 0 Å². The Labute approximate surface area is 64.1 Å². The molecule has 72 valence electrons. The van der Waals surface area contributed by atoms with Crippen LogP contribution in [0.1, 0.15) is 6.42 Å². The molecule has 0 amide bonds. The molecular weight excluding hydrogens is 188 g/mol. The predicted octanol–water partition coefficient (Wildman–Crippen LogP) is 2.57. The van der Waals surface area contributed by atoms with E-state index in [-0.39, 0.29) is 0 Å². The second-order valence-corrected chi connectivity index (χ2v) is 1.94. The van der Waals surface area contributed by atoms with Crippen molar-refractivity contribution < 1.29 is 26.3 Å². The molecule has 0 rings (SSSR count). The topological polar surface area (TPSA) is 12.4 Å². The Balaban J connectivity index is 3.64. The summed E-state index contributed by atoms with van der Waals surface area (Å²) in [7, 11) is 0. The maximum Gasteiger partial charge on any atom is 0.426 e. The fraction of sp³-hybridized carbons (Fsp3) is 0.800. The molecule has 0 unspecified atom stereocenters. The largest absolute Gasteiger partial charge is 0.426 e. The summed E-state index contributed by atoms with van der Waals surface area (Å²) in [5.41, 5.74) is 0. The number of hydrogen-bond acceptors (Lipinski definition) is 1. The summed E-state index contributed by atoms with van der Waals surface area (Å²) in [6.45, 7) is -0.886. The second kappa shape index (κ2) is 3.77. The Bertz CT molecular complexity index is 154. The third-order valence-electron chi connectivity index (χ3n) is 0.762. The van der Waals surface area contributed by atoms with E-state index in [2.05, 4.69) is 4.99 Å². The molecule has 0 atom stereocenters. The normalized spacial score (nSPS) is 14.2. The van der Waals surface area contributed by atoms with Gasteiger partial charge in [0, 0.05) is 6.54 Å². The van der Waals surface area contributed by atoms with Crippen LogP contribution >= 0.6 is 0 Å². The highest BCUT2D eigenvalue weighted by atomic mass is 19.4. The zero-order valence-electron chi connectivity index (χ0n) is 5.71. The highest BCUT2D eigenvalue weighted by Gasteiger charge is 2.27. The van der Waals surface area contributed by atoms with Crippen LogP contribution in [-0.2, 0) is 0 Å². The summed E-state index contributed by atoms with van der Waals surface area (Å²) in [6.07, 6.45) is -10.9. The number of nitrogens with zero attached hydrogens (tertiary/aromatic N) is 1. The van der Waals surface area contributed by atoms with E-state index >= 15 is 0 Å². The molecule has 0 aromatic heterocycles. The van der Waals surface area contributed by atoms with Crippen molar-refractivity contribution in [1.82, 2.24) is 0 Å². The Morgan fingerprint density at radius 2 is 1.50 bits per heavy atom. The Kier molecular flexibility index (Phi) is 3.54. The van der Waals surface area contributed by atoms with E-state index in [1.165, 1.54) is 0 Å². The third kappa shape index (κ3) is 9.25. The highest BCUT2D eigenvalue weighted by molar-refractivity contribution is 5.63. The number of rotatable bonds is 2. The minimum atomic E-state index is -4.63. The molecule has 12 heavy (non-hydrogen) atoms. The van der Waals surface area contributed by atoms with Crippen molar-refractivity contribution in [3.05, 3.63) is 0 Å². The molecule has 0 saturated heterocycles. The van der Waals surface area contributed by atoms with Crippen LogP contribution in [0.2, 0.25) is 0 Å². The maximum atomic E-state index is 11.3. The minimum Gasteiger partial charge on any atom is -0.288 e. The molecule has 0 N–H and O–H groups in total. The molecule has 0 aliphatic rings. The number of halogens is 6. The first kappa shape index (κ1) is 11.2. The average Bonchev–Trinajstić information content (AvgIpc) is 1.76. The Hall–Kier alpha value is -0.750. The van der Waals surface area contributed by atoms with Crippen LogP contribution in [0.15, 0.2) is 4.99 Å². The quantitative estimate of drug-likeness (QED) is 0.472. The second-order valence-electron chi connectivity index (χ2n) is 1.94. The maximum absolute atomic E-state index is 11.3. The van der Waals surface area contributed by atoms with Gasteiger partial charge in [-0.05, 0) is 0 Å². The molecule has 0 heterocycles. The van der Waals surface area contributed by atoms with Gasteiger partial charge >= 0.3 is 12.4 Å². The molecular formula is C5H5F6N. The van der Waals surface area contributed by atoms with E-state index in [0.717, 1.165) is 0 Å². The van der Waals surface area contributed by atoms with Gasteiger partial charge in [0.05, 0.1) is 6.42 Å². The van der Waals surface area contributed by atoms with Gasteiger partial charge in [-0.15, -0.1) is 0 Å². The average molecular weight is 193 g/mol. The third-order valence-corrected chi connectivity index (χ3v) is 0.762. The number of aliphatic imine (C=N–C) groups is 1. The van der Waals surface area contributed by atoms with Crippen LogP contribution in [0.5, 0.6) is 0 Å². The van der Waals surface area contributed by atoms with Gasteiger partial charge in [-0.3, -0.25) is 4.99 Å². The van der Waals surface area contributed by atoms with E-state index in [4.69, 9.17) is 0 Å². The van der Waals surface area contributed by atoms with E-state index in [0.29, 0.717) is 0 Å². The fourth-order valence-electron chi connectivity index (χ4n) is 0.359. The van der Waals surface area contributed by atoms with Gasteiger partial charge in [-0.2, -0.15) is 26.3 Å². The van der Waals surface area contributed by atoms with Gasteiger partial charge < -0.3 is 0 Å². The van der Waals surface area contributed by atoms with Crippen LogP contribution in [0, 0.1) is 0 Å².